The van der Waals surface area contributed by atoms with Crippen LogP contribution in [0.1, 0.15) is 29.8 Å². The van der Waals surface area contributed by atoms with E-state index in [1.54, 1.807) is 31.2 Å². The standard InChI is InChI=1S/C19H19ClIN3O5/c1-3-27-15-9-12(8-14(21)17(15)29-11-16(25)28-4-2)10-23-24-19(26)13-6-5-7-22-18(13)20/h5-10H,3-4,11H2,1-2H3,(H,24,26). The van der Waals surface area contributed by atoms with Crippen LogP contribution in [0.5, 0.6) is 11.5 Å². The van der Waals surface area contributed by atoms with E-state index < -0.39 is 11.9 Å². The topological polar surface area (TPSA) is 99.1 Å². The lowest BCUT2D eigenvalue weighted by molar-refractivity contribution is -0.145. The predicted molar refractivity (Wildman–Crippen MR) is 117 cm³/mol. The van der Waals surface area contributed by atoms with Crippen LogP contribution in [0.25, 0.3) is 0 Å². The number of hydrazone groups is 1. The van der Waals surface area contributed by atoms with Crippen molar-refractivity contribution in [3.63, 3.8) is 0 Å². The second-order valence-corrected chi connectivity index (χ2v) is 6.92. The molecule has 0 saturated carbocycles. The van der Waals surface area contributed by atoms with Gasteiger partial charge in [0.25, 0.3) is 5.91 Å². The highest BCUT2D eigenvalue weighted by atomic mass is 127. The highest BCUT2D eigenvalue weighted by Gasteiger charge is 2.14. The molecule has 0 atom stereocenters. The minimum atomic E-state index is -0.478. The first kappa shape index (κ1) is 22.9. The van der Waals surface area contributed by atoms with E-state index in [0.29, 0.717) is 27.2 Å². The Morgan fingerprint density at radius 2 is 2.07 bits per heavy atom. The van der Waals surface area contributed by atoms with Crippen molar-refractivity contribution in [2.45, 2.75) is 13.8 Å². The number of carbonyl (C=O) groups excluding carboxylic acids is 2. The zero-order valence-electron chi connectivity index (χ0n) is 15.8. The number of hydrogen-bond acceptors (Lipinski definition) is 7. The van der Waals surface area contributed by atoms with Crippen molar-refractivity contribution in [1.82, 2.24) is 10.4 Å². The van der Waals surface area contributed by atoms with E-state index in [1.807, 2.05) is 6.92 Å². The third kappa shape index (κ3) is 6.86. The first-order valence-electron chi connectivity index (χ1n) is 8.64. The fourth-order valence-electron chi connectivity index (χ4n) is 2.18. The number of benzene rings is 1. The fourth-order valence-corrected chi connectivity index (χ4v) is 3.17. The lowest BCUT2D eigenvalue weighted by Crippen LogP contribution is -2.18. The molecule has 0 aliphatic heterocycles. The maximum Gasteiger partial charge on any atom is 0.344 e. The van der Waals surface area contributed by atoms with Gasteiger partial charge in [-0.25, -0.2) is 15.2 Å². The second-order valence-electron chi connectivity index (χ2n) is 5.40. The lowest BCUT2D eigenvalue weighted by Gasteiger charge is -2.14. The summed E-state index contributed by atoms with van der Waals surface area (Å²) in [4.78, 5) is 27.5. The zero-order chi connectivity index (χ0) is 21.2. The summed E-state index contributed by atoms with van der Waals surface area (Å²) >= 11 is 7.96. The second kappa shape index (κ2) is 11.6. The summed E-state index contributed by atoms with van der Waals surface area (Å²) in [5, 5.41) is 4.04. The number of nitrogens with zero attached hydrogens (tertiary/aromatic N) is 2. The van der Waals surface area contributed by atoms with E-state index in [0.717, 1.165) is 0 Å². The number of halogens is 2. The molecule has 1 heterocycles. The van der Waals surface area contributed by atoms with E-state index in [9.17, 15) is 9.59 Å². The van der Waals surface area contributed by atoms with Gasteiger partial charge in [-0.1, -0.05) is 11.6 Å². The van der Waals surface area contributed by atoms with Crippen LogP contribution < -0.4 is 14.9 Å². The van der Waals surface area contributed by atoms with E-state index >= 15 is 0 Å². The van der Waals surface area contributed by atoms with Crippen LogP contribution in [0, 0.1) is 3.57 Å². The Labute approximate surface area is 186 Å². The van der Waals surface area contributed by atoms with Gasteiger partial charge in [0.1, 0.15) is 5.15 Å². The van der Waals surface area contributed by atoms with Gasteiger partial charge in [0.15, 0.2) is 18.1 Å². The smallest absolute Gasteiger partial charge is 0.344 e. The molecule has 10 heteroatoms. The highest BCUT2D eigenvalue weighted by Crippen LogP contribution is 2.34. The molecule has 0 saturated heterocycles. The van der Waals surface area contributed by atoms with E-state index in [-0.39, 0.29) is 23.9 Å². The average molecular weight is 532 g/mol. The Morgan fingerprint density at radius 3 is 2.76 bits per heavy atom. The summed E-state index contributed by atoms with van der Waals surface area (Å²) in [6.45, 7) is 4.02. The SMILES string of the molecule is CCOC(=O)COc1c(I)cc(C=NNC(=O)c2cccnc2Cl)cc1OCC. The quantitative estimate of drug-likeness (QED) is 0.175. The molecule has 1 aromatic carbocycles. The molecule has 1 amide bonds. The summed E-state index contributed by atoms with van der Waals surface area (Å²) in [5.74, 6) is -0.0581. The molecule has 29 heavy (non-hydrogen) atoms. The van der Waals surface area contributed by atoms with Crippen molar-refractivity contribution >= 4 is 52.3 Å². The van der Waals surface area contributed by atoms with Gasteiger partial charge in [0.05, 0.1) is 28.6 Å². The minimum Gasteiger partial charge on any atom is -0.490 e. The van der Waals surface area contributed by atoms with Crippen molar-refractivity contribution in [3.05, 3.63) is 50.3 Å². The van der Waals surface area contributed by atoms with E-state index in [2.05, 4.69) is 38.1 Å². The van der Waals surface area contributed by atoms with Crippen LogP contribution in [0.15, 0.2) is 35.6 Å². The van der Waals surface area contributed by atoms with Gasteiger partial charge < -0.3 is 14.2 Å². The summed E-state index contributed by atoms with van der Waals surface area (Å²) in [6.07, 6.45) is 2.95. The van der Waals surface area contributed by atoms with Crippen LogP contribution in [-0.2, 0) is 9.53 Å². The number of pyridine rings is 1. The Kier molecular flexibility index (Phi) is 9.13. The number of ether oxygens (including phenoxy) is 3. The van der Waals surface area contributed by atoms with Gasteiger partial charge in [-0.05, 0) is 66.3 Å². The molecule has 1 aromatic heterocycles. The van der Waals surface area contributed by atoms with Gasteiger partial charge in [-0.2, -0.15) is 5.10 Å². The summed E-state index contributed by atoms with van der Waals surface area (Å²) in [6, 6.07) is 6.62. The van der Waals surface area contributed by atoms with Crippen LogP contribution in [0.2, 0.25) is 5.15 Å². The predicted octanol–water partition coefficient (Wildman–Crippen LogP) is 3.44. The van der Waals surface area contributed by atoms with Crippen molar-refractivity contribution < 1.29 is 23.8 Å². The molecule has 2 rings (SSSR count). The van der Waals surface area contributed by atoms with Crippen LogP contribution >= 0.6 is 34.2 Å². The molecule has 2 aromatic rings. The van der Waals surface area contributed by atoms with E-state index in [1.165, 1.54) is 12.4 Å². The zero-order valence-corrected chi connectivity index (χ0v) is 18.7. The van der Waals surface area contributed by atoms with Crippen molar-refractivity contribution in [2.75, 3.05) is 19.8 Å². The summed E-state index contributed by atoms with van der Waals surface area (Å²) < 4.78 is 16.7. The Morgan fingerprint density at radius 1 is 1.28 bits per heavy atom. The maximum atomic E-state index is 12.1. The van der Waals surface area contributed by atoms with Gasteiger partial charge in [0.2, 0.25) is 0 Å². The molecule has 0 radical (unpaired) electrons. The number of rotatable bonds is 9. The first-order chi connectivity index (χ1) is 14.0. The molecule has 0 aliphatic rings. The molecular formula is C19H19ClIN3O5. The average Bonchev–Trinajstić information content (AvgIpc) is 2.68. The fraction of sp³-hybridized carbons (Fsp3) is 0.263. The Bertz CT molecular complexity index is 907. The summed E-state index contributed by atoms with van der Waals surface area (Å²) in [5.41, 5.74) is 3.28. The molecule has 0 unspecified atom stereocenters. The molecule has 154 valence electrons. The monoisotopic (exact) mass is 531 g/mol. The number of aromatic nitrogens is 1. The van der Waals surface area contributed by atoms with Crippen molar-refractivity contribution in [1.29, 1.82) is 0 Å². The van der Waals surface area contributed by atoms with Gasteiger partial charge in [-0.15, -0.1) is 0 Å². The lowest BCUT2D eigenvalue weighted by atomic mass is 10.2. The number of esters is 1. The normalized spacial score (nSPS) is 10.6. The van der Waals surface area contributed by atoms with Crippen LogP contribution in [0.4, 0.5) is 0 Å². The maximum absolute atomic E-state index is 12.1. The van der Waals surface area contributed by atoms with Crippen molar-refractivity contribution in [3.8, 4) is 11.5 Å². The molecule has 0 bridgehead atoms. The highest BCUT2D eigenvalue weighted by molar-refractivity contribution is 14.1. The van der Waals surface area contributed by atoms with E-state index in [4.69, 9.17) is 25.8 Å². The number of nitrogens with one attached hydrogen (secondary N) is 1. The van der Waals surface area contributed by atoms with Gasteiger partial charge in [0, 0.05) is 6.20 Å². The first-order valence-corrected chi connectivity index (χ1v) is 10.1. The third-order valence-corrected chi connectivity index (χ3v) is 4.46. The van der Waals surface area contributed by atoms with Crippen molar-refractivity contribution in [2.24, 2.45) is 5.10 Å². The molecule has 0 aliphatic carbocycles. The third-order valence-electron chi connectivity index (χ3n) is 3.35. The number of amides is 1. The number of hydrogen-bond donors (Lipinski definition) is 1. The van der Waals surface area contributed by atoms with Gasteiger partial charge in [-0.3, -0.25) is 4.79 Å². The largest absolute Gasteiger partial charge is 0.490 e. The minimum absolute atomic E-state index is 0.0940. The Hall–Kier alpha value is -2.40. The molecular weight excluding hydrogens is 513 g/mol. The van der Waals surface area contributed by atoms with Crippen LogP contribution in [-0.4, -0.2) is 42.9 Å². The molecule has 1 N–H and O–H groups in total. The number of carbonyl (C=O) groups is 2. The summed E-state index contributed by atoms with van der Waals surface area (Å²) in [7, 11) is 0. The van der Waals surface area contributed by atoms with Crippen LogP contribution in [0.3, 0.4) is 0 Å². The molecule has 0 fully saturated rings. The molecule has 8 nitrogen and oxygen atoms in total. The Balaban J connectivity index is 2.12. The molecule has 0 spiro atoms. The van der Waals surface area contributed by atoms with Gasteiger partial charge >= 0.3 is 5.97 Å².